The van der Waals surface area contributed by atoms with Crippen molar-refractivity contribution in [3.8, 4) is 11.3 Å². The van der Waals surface area contributed by atoms with Crippen LogP contribution in [0.25, 0.3) is 22.3 Å². The highest BCUT2D eigenvalue weighted by molar-refractivity contribution is 8.00. The molecule has 0 bridgehead atoms. The Bertz CT molecular complexity index is 987. The zero-order valence-corrected chi connectivity index (χ0v) is 17.7. The summed E-state index contributed by atoms with van der Waals surface area (Å²) in [6.45, 7) is 6.41. The molecule has 0 radical (unpaired) electrons. The summed E-state index contributed by atoms with van der Waals surface area (Å²) in [5.41, 5.74) is 4.89. The third-order valence-electron chi connectivity index (χ3n) is 5.50. The van der Waals surface area contributed by atoms with Gasteiger partial charge in [-0.05, 0) is 18.2 Å². The van der Waals surface area contributed by atoms with Crippen LogP contribution in [-0.2, 0) is 4.74 Å². The first-order chi connectivity index (χ1) is 14.9. The van der Waals surface area contributed by atoms with Crippen LogP contribution in [0, 0.1) is 0 Å². The fourth-order valence-electron chi connectivity index (χ4n) is 3.87. The van der Waals surface area contributed by atoms with Crippen LogP contribution in [-0.4, -0.2) is 71.9 Å². The quantitative estimate of drug-likeness (QED) is 0.650. The Hall–Kier alpha value is -2.42. The molecule has 8 heteroatoms. The molecule has 2 saturated heterocycles. The van der Waals surface area contributed by atoms with Crippen molar-refractivity contribution < 1.29 is 4.74 Å². The molecule has 2 aliphatic rings. The standard InChI is InChI=1S/C22H26N6OS/c1-3-17(28-8-10-29-11-9-28)4-2-16(1)19-13-20-21(25-6-5-24-20)22(27-19)26-15-18-14-23-7-12-30-18/h1-6,13,18,23H,7-12,14-15H2,(H,26,27). The smallest absolute Gasteiger partial charge is 0.154 e. The van der Waals surface area contributed by atoms with E-state index in [2.05, 4.69) is 49.8 Å². The fourth-order valence-corrected chi connectivity index (χ4v) is 4.90. The Morgan fingerprint density at radius 2 is 1.97 bits per heavy atom. The first-order valence-corrected chi connectivity index (χ1v) is 11.5. The summed E-state index contributed by atoms with van der Waals surface area (Å²) >= 11 is 2.00. The maximum atomic E-state index is 5.46. The van der Waals surface area contributed by atoms with Gasteiger partial charge in [-0.25, -0.2) is 9.97 Å². The highest BCUT2D eigenvalue weighted by Crippen LogP contribution is 2.28. The van der Waals surface area contributed by atoms with E-state index in [1.165, 1.54) is 5.69 Å². The summed E-state index contributed by atoms with van der Waals surface area (Å²) in [6.07, 6.45) is 3.46. The topological polar surface area (TPSA) is 75.2 Å². The van der Waals surface area contributed by atoms with Crippen LogP contribution in [0.3, 0.4) is 0 Å². The van der Waals surface area contributed by atoms with E-state index in [9.17, 15) is 0 Å². The summed E-state index contributed by atoms with van der Waals surface area (Å²) in [5.74, 6) is 1.95. The minimum atomic E-state index is 0.531. The Balaban J connectivity index is 1.41. The summed E-state index contributed by atoms with van der Waals surface area (Å²) in [7, 11) is 0. The van der Waals surface area contributed by atoms with Gasteiger partial charge in [0.1, 0.15) is 5.52 Å². The molecule has 0 spiro atoms. The van der Waals surface area contributed by atoms with Gasteiger partial charge in [0.2, 0.25) is 0 Å². The Kier molecular flexibility index (Phi) is 5.96. The van der Waals surface area contributed by atoms with E-state index >= 15 is 0 Å². The third-order valence-corrected chi connectivity index (χ3v) is 6.74. The van der Waals surface area contributed by atoms with Crippen molar-refractivity contribution in [2.75, 3.05) is 61.9 Å². The van der Waals surface area contributed by atoms with Gasteiger partial charge in [0.05, 0.1) is 24.4 Å². The van der Waals surface area contributed by atoms with E-state index in [1.807, 2.05) is 17.8 Å². The zero-order chi connectivity index (χ0) is 20.2. The molecule has 1 aromatic carbocycles. The second-order valence-corrected chi connectivity index (χ2v) is 8.91. The van der Waals surface area contributed by atoms with Gasteiger partial charge < -0.3 is 20.3 Å². The summed E-state index contributed by atoms with van der Waals surface area (Å²) < 4.78 is 5.46. The highest BCUT2D eigenvalue weighted by Gasteiger charge is 2.16. The van der Waals surface area contributed by atoms with Gasteiger partial charge >= 0.3 is 0 Å². The number of hydrogen-bond acceptors (Lipinski definition) is 8. The van der Waals surface area contributed by atoms with Crippen LogP contribution in [0.2, 0.25) is 0 Å². The molecule has 3 aromatic rings. The molecule has 0 saturated carbocycles. The molecule has 1 atom stereocenters. The number of ether oxygens (including phenoxy) is 1. The van der Waals surface area contributed by atoms with Gasteiger partial charge in [-0.1, -0.05) is 12.1 Å². The molecule has 5 rings (SSSR count). The highest BCUT2D eigenvalue weighted by atomic mass is 32.2. The van der Waals surface area contributed by atoms with Crippen molar-refractivity contribution in [2.45, 2.75) is 5.25 Å². The monoisotopic (exact) mass is 422 g/mol. The molecule has 1 unspecified atom stereocenters. The predicted molar refractivity (Wildman–Crippen MR) is 123 cm³/mol. The van der Waals surface area contributed by atoms with E-state index in [4.69, 9.17) is 9.72 Å². The minimum Gasteiger partial charge on any atom is -0.378 e. The van der Waals surface area contributed by atoms with E-state index in [0.717, 1.165) is 79.8 Å². The van der Waals surface area contributed by atoms with Crippen molar-refractivity contribution in [3.05, 3.63) is 42.7 Å². The Morgan fingerprint density at radius 1 is 1.13 bits per heavy atom. The number of fused-ring (bicyclic) bond motifs is 1. The van der Waals surface area contributed by atoms with E-state index in [1.54, 1.807) is 12.4 Å². The Morgan fingerprint density at radius 3 is 2.77 bits per heavy atom. The van der Waals surface area contributed by atoms with Gasteiger partial charge in [0.15, 0.2) is 5.82 Å². The molecule has 0 amide bonds. The van der Waals surface area contributed by atoms with Gasteiger partial charge in [0.25, 0.3) is 0 Å². The lowest BCUT2D eigenvalue weighted by molar-refractivity contribution is 0.122. The molecule has 2 N–H and O–H groups in total. The van der Waals surface area contributed by atoms with Crippen LogP contribution >= 0.6 is 11.8 Å². The van der Waals surface area contributed by atoms with Crippen LogP contribution in [0.15, 0.2) is 42.7 Å². The van der Waals surface area contributed by atoms with Gasteiger partial charge in [-0.15, -0.1) is 0 Å². The average molecular weight is 423 g/mol. The number of anilines is 2. The molecular weight excluding hydrogens is 396 g/mol. The molecule has 156 valence electrons. The molecular formula is C22H26N6OS. The minimum absolute atomic E-state index is 0.531. The maximum absolute atomic E-state index is 5.46. The second-order valence-electron chi connectivity index (χ2n) is 7.50. The van der Waals surface area contributed by atoms with Crippen molar-refractivity contribution in [3.63, 3.8) is 0 Å². The normalized spacial score (nSPS) is 19.7. The van der Waals surface area contributed by atoms with Crippen LogP contribution in [0.4, 0.5) is 11.5 Å². The number of morpholine rings is 1. The van der Waals surface area contributed by atoms with Crippen molar-refractivity contribution in [1.29, 1.82) is 0 Å². The number of hydrogen-bond donors (Lipinski definition) is 2. The lowest BCUT2D eigenvalue weighted by Gasteiger charge is -2.28. The number of nitrogens with one attached hydrogen (secondary N) is 2. The molecule has 7 nitrogen and oxygen atoms in total. The molecule has 0 aliphatic carbocycles. The van der Waals surface area contributed by atoms with E-state index < -0.39 is 0 Å². The van der Waals surface area contributed by atoms with Crippen LogP contribution < -0.4 is 15.5 Å². The maximum Gasteiger partial charge on any atom is 0.154 e. The summed E-state index contributed by atoms with van der Waals surface area (Å²) in [4.78, 5) is 16.3. The first kappa shape index (κ1) is 19.5. The largest absolute Gasteiger partial charge is 0.378 e. The molecule has 2 aromatic heterocycles. The number of rotatable bonds is 5. The van der Waals surface area contributed by atoms with E-state index in [0.29, 0.717) is 5.25 Å². The van der Waals surface area contributed by atoms with Crippen molar-refractivity contribution in [2.24, 2.45) is 0 Å². The first-order valence-electron chi connectivity index (χ1n) is 10.5. The number of nitrogens with zero attached hydrogens (tertiary/aromatic N) is 4. The van der Waals surface area contributed by atoms with Gasteiger partial charge in [-0.2, -0.15) is 11.8 Å². The molecule has 2 aliphatic heterocycles. The van der Waals surface area contributed by atoms with Crippen molar-refractivity contribution >= 4 is 34.3 Å². The fraction of sp³-hybridized carbons (Fsp3) is 0.409. The predicted octanol–water partition coefficient (Wildman–Crippen LogP) is 2.65. The lowest BCUT2D eigenvalue weighted by atomic mass is 10.1. The Labute approximate surface area is 180 Å². The average Bonchev–Trinajstić information content (AvgIpc) is 2.84. The van der Waals surface area contributed by atoms with Gasteiger partial charge in [0, 0.05) is 67.4 Å². The zero-order valence-electron chi connectivity index (χ0n) is 16.9. The number of aromatic nitrogens is 3. The van der Waals surface area contributed by atoms with Crippen LogP contribution in [0.5, 0.6) is 0 Å². The number of benzene rings is 1. The third kappa shape index (κ3) is 4.35. The van der Waals surface area contributed by atoms with E-state index in [-0.39, 0.29) is 0 Å². The summed E-state index contributed by atoms with van der Waals surface area (Å²) in [6, 6.07) is 10.6. The molecule has 2 fully saturated rings. The second kappa shape index (κ2) is 9.16. The van der Waals surface area contributed by atoms with Gasteiger partial charge in [-0.3, -0.25) is 4.98 Å². The number of pyridine rings is 1. The molecule has 30 heavy (non-hydrogen) atoms. The van der Waals surface area contributed by atoms with Crippen molar-refractivity contribution in [1.82, 2.24) is 20.3 Å². The lowest BCUT2D eigenvalue weighted by Crippen LogP contribution is -2.36. The van der Waals surface area contributed by atoms with Crippen LogP contribution in [0.1, 0.15) is 0 Å². The molecule has 4 heterocycles. The number of thioether (sulfide) groups is 1. The SMILES string of the molecule is c1cnc2c(NCC3CNCCS3)nc(-c3ccc(N4CCOCC4)cc3)cc2n1. The summed E-state index contributed by atoms with van der Waals surface area (Å²) in [5, 5.41) is 7.52.